The molecule has 3 rings (SSSR count). The molecule has 2 aromatic heterocycles. The van der Waals surface area contributed by atoms with Gasteiger partial charge in [0.1, 0.15) is 0 Å². The molecule has 0 bridgehead atoms. The van der Waals surface area contributed by atoms with Crippen LogP contribution in [-0.4, -0.2) is 11.4 Å². The first kappa shape index (κ1) is 13.3. The van der Waals surface area contributed by atoms with Crippen LogP contribution >= 0.6 is 22.7 Å². The standard InChI is InChI=1S/C16H21NS2/c1-13-8-9-14(19-13)12-17-10-4-2-3-6-15(17)16-7-5-11-18-16/h5,7-9,11,15H,2-4,6,10,12H2,1H3. The van der Waals surface area contributed by atoms with Gasteiger partial charge in [0.15, 0.2) is 0 Å². The maximum Gasteiger partial charge on any atom is 0.0445 e. The molecule has 1 atom stereocenters. The molecule has 0 N–H and O–H groups in total. The molecule has 3 heteroatoms. The van der Waals surface area contributed by atoms with E-state index in [9.17, 15) is 0 Å². The quantitative estimate of drug-likeness (QED) is 0.748. The summed E-state index contributed by atoms with van der Waals surface area (Å²) < 4.78 is 0. The minimum atomic E-state index is 0.643. The Balaban J connectivity index is 1.78. The van der Waals surface area contributed by atoms with Crippen LogP contribution in [0.25, 0.3) is 0 Å². The normalized spacial score (nSPS) is 21.4. The summed E-state index contributed by atoms with van der Waals surface area (Å²) in [4.78, 5) is 7.19. The van der Waals surface area contributed by atoms with Crippen molar-refractivity contribution in [1.29, 1.82) is 0 Å². The van der Waals surface area contributed by atoms with E-state index in [1.807, 2.05) is 22.7 Å². The van der Waals surface area contributed by atoms with Crippen molar-refractivity contribution >= 4 is 22.7 Å². The van der Waals surface area contributed by atoms with Crippen LogP contribution in [0, 0.1) is 6.92 Å². The molecule has 1 unspecified atom stereocenters. The smallest absolute Gasteiger partial charge is 0.0445 e. The molecule has 0 aromatic carbocycles. The van der Waals surface area contributed by atoms with E-state index >= 15 is 0 Å². The van der Waals surface area contributed by atoms with Crippen molar-refractivity contribution in [2.24, 2.45) is 0 Å². The summed E-state index contributed by atoms with van der Waals surface area (Å²) in [6.45, 7) is 4.58. The van der Waals surface area contributed by atoms with Gasteiger partial charge in [-0.05, 0) is 49.9 Å². The average Bonchev–Trinajstić information content (AvgIpc) is 3.00. The zero-order valence-electron chi connectivity index (χ0n) is 11.5. The molecule has 0 radical (unpaired) electrons. The van der Waals surface area contributed by atoms with Gasteiger partial charge in [0.05, 0.1) is 0 Å². The zero-order chi connectivity index (χ0) is 13.1. The van der Waals surface area contributed by atoms with Gasteiger partial charge in [0, 0.05) is 27.2 Å². The van der Waals surface area contributed by atoms with Crippen LogP contribution in [-0.2, 0) is 6.54 Å². The van der Waals surface area contributed by atoms with E-state index in [-0.39, 0.29) is 0 Å². The summed E-state index contributed by atoms with van der Waals surface area (Å²) in [5, 5.41) is 2.22. The Bertz CT molecular complexity index is 501. The Kier molecular flexibility index (Phi) is 4.36. The summed E-state index contributed by atoms with van der Waals surface area (Å²) in [7, 11) is 0. The lowest BCUT2D eigenvalue weighted by Crippen LogP contribution is -2.27. The van der Waals surface area contributed by atoms with Crippen LogP contribution in [0.4, 0.5) is 0 Å². The second-order valence-electron chi connectivity index (χ2n) is 5.36. The molecule has 0 aliphatic carbocycles. The van der Waals surface area contributed by atoms with Crippen LogP contribution in [0.5, 0.6) is 0 Å². The third-order valence-corrected chi connectivity index (χ3v) is 5.85. The molecule has 1 aliphatic heterocycles. The van der Waals surface area contributed by atoms with Crippen LogP contribution in [0.3, 0.4) is 0 Å². The van der Waals surface area contributed by atoms with Crippen molar-refractivity contribution in [3.05, 3.63) is 44.3 Å². The van der Waals surface area contributed by atoms with Gasteiger partial charge >= 0.3 is 0 Å². The maximum absolute atomic E-state index is 2.70. The van der Waals surface area contributed by atoms with Crippen molar-refractivity contribution in [2.75, 3.05) is 6.54 Å². The van der Waals surface area contributed by atoms with Crippen LogP contribution in [0.15, 0.2) is 29.6 Å². The lowest BCUT2D eigenvalue weighted by molar-refractivity contribution is 0.197. The average molecular weight is 291 g/mol. The summed E-state index contributed by atoms with van der Waals surface area (Å²) in [6.07, 6.45) is 5.45. The molecule has 1 aliphatic rings. The van der Waals surface area contributed by atoms with Gasteiger partial charge in [0.25, 0.3) is 0 Å². The van der Waals surface area contributed by atoms with Crippen molar-refractivity contribution in [2.45, 2.75) is 45.2 Å². The van der Waals surface area contributed by atoms with E-state index in [0.717, 1.165) is 6.54 Å². The Morgan fingerprint density at radius 3 is 2.89 bits per heavy atom. The molecule has 1 fully saturated rings. The zero-order valence-corrected chi connectivity index (χ0v) is 13.1. The highest BCUT2D eigenvalue weighted by atomic mass is 32.1. The predicted octanol–water partition coefficient (Wildman–Crippen LogP) is 5.24. The Labute approximate surface area is 123 Å². The first-order valence-corrected chi connectivity index (χ1v) is 8.85. The van der Waals surface area contributed by atoms with E-state index in [2.05, 4.69) is 41.5 Å². The summed E-state index contributed by atoms with van der Waals surface area (Å²) >= 11 is 3.87. The molecule has 0 spiro atoms. The largest absolute Gasteiger partial charge is 0.290 e. The third-order valence-electron chi connectivity index (χ3n) is 3.89. The lowest BCUT2D eigenvalue weighted by Gasteiger charge is -2.28. The second kappa shape index (κ2) is 6.21. The molecule has 2 aromatic rings. The second-order valence-corrected chi connectivity index (χ2v) is 7.72. The molecular formula is C16H21NS2. The molecule has 1 saturated heterocycles. The SMILES string of the molecule is Cc1ccc(CN2CCCCCC2c2cccs2)s1. The number of nitrogens with zero attached hydrogens (tertiary/aromatic N) is 1. The van der Waals surface area contributed by atoms with Gasteiger partial charge in [-0.2, -0.15) is 0 Å². The Morgan fingerprint density at radius 1 is 1.21 bits per heavy atom. The minimum absolute atomic E-state index is 0.643. The van der Waals surface area contributed by atoms with Gasteiger partial charge in [-0.25, -0.2) is 0 Å². The summed E-state index contributed by atoms with van der Waals surface area (Å²) in [5.41, 5.74) is 0. The Morgan fingerprint density at radius 2 is 2.16 bits per heavy atom. The third kappa shape index (κ3) is 3.28. The van der Waals surface area contributed by atoms with Crippen molar-refractivity contribution in [3.8, 4) is 0 Å². The molecule has 0 amide bonds. The minimum Gasteiger partial charge on any atom is -0.290 e. The molecule has 19 heavy (non-hydrogen) atoms. The number of hydrogen-bond donors (Lipinski definition) is 0. The van der Waals surface area contributed by atoms with Crippen molar-refractivity contribution in [3.63, 3.8) is 0 Å². The number of likely N-dealkylation sites (tertiary alicyclic amines) is 1. The summed E-state index contributed by atoms with van der Waals surface area (Å²) in [5.74, 6) is 0. The van der Waals surface area contributed by atoms with Gasteiger partial charge in [0.2, 0.25) is 0 Å². The molecular weight excluding hydrogens is 270 g/mol. The van der Waals surface area contributed by atoms with Gasteiger partial charge < -0.3 is 0 Å². The Hall–Kier alpha value is -0.640. The predicted molar refractivity (Wildman–Crippen MR) is 85.0 cm³/mol. The number of thiophene rings is 2. The van der Waals surface area contributed by atoms with Gasteiger partial charge in [-0.3, -0.25) is 4.90 Å². The van der Waals surface area contributed by atoms with E-state index in [0.29, 0.717) is 6.04 Å². The highest BCUT2D eigenvalue weighted by Gasteiger charge is 2.23. The fourth-order valence-corrected chi connectivity index (χ4v) is 4.74. The number of hydrogen-bond acceptors (Lipinski definition) is 3. The highest BCUT2D eigenvalue weighted by molar-refractivity contribution is 7.11. The van der Waals surface area contributed by atoms with E-state index < -0.39 is 0 Å². The number of aryl methyl sites for hydroxylation is 1. The van der Waals surface area contributed by atoms with Crippen molar-refractivity contribution < 1.29 is 0 Å². The van der Waals surface area contributed by atoms with Crippen molar-refractivity contribution in [1.82, 2.24) is 4.90 Å². The number of rotatable bonds is 3. The van der Waals surface area contributed by atoms with E-state index in [4.69, 9.17) is 0 Å². The molecule has 3 heterocycles. The topological polar surface area (TPSA) is 3.24 Å². The molecule has 1 nitrogen and oxygen atoms in total. The maximum atomic E-state index is 2.70. The van der Waals surface area contributed by atoms with E-state index in [1.54, 1.807) is 4.88 Å². The lowest BCUT2D eigenvalue weighted by atomic mass is 10.1. The summed E-state index contributed by atoms with van der Waals surface area (Å²) in [6, 6.07) is 9.70. The fraction of sp³-hybridized carbons (Fsp3) is 0.500. The molecule has 0 saturated carbocycles. The monoisotopic (exact) mass is 291 g/mol. The van der Waals surface area contributed by atoms with Gasteiger partial charge in [-0.15, -0.1) is 22.7 Å². The fourth-order valence-electron chi connectivity index (χ4n) is 2.93. The highest BCUT2D eigenvalue weighted by Crippen LogP contribution is 2.34. The van der Waals surface area contributed by atoms with Crippen LogP contribution < -0.4 is 0 Å². The first-order valence-electron chi connectivity index (χ1n) is 7.16. The first-order chi connectivity index (χ1) is 9.33. The molecule has 102 valence electrons. The van der Waals surface area contributed by atoms with Gasteiger partial charge in [-0.1, -0.05) is 18.9 Å². The van der Waals surface area contributed by atoms with Crippen LogP contribution in [0.2, 0.25) is 0 Å². The van der Waals surface area contributed by atoms with E-state index in [1.165, 1.54) is 42.0 Å². The van der Waals surface area contributed by atoms with Crippen LogP contribution in [0.1, 0.15) is 46.4 Å².